The monoisotopic (exact) mass is 430 g/mol. The third-order valence-electron chi connectivity index (χ3n) is 5.59. The molecule has 1 N–H and O–H groups in total. The van der Waals surface area contributed by atoms with Crippen molar-refractivity contribution in [2.75, 3.05) is 25.5 Å². The highest BCUT2D eigenvalue weighted by Gasteiger charge is 2.29. The summed E-state index contributed by atoms with van der Waals surface area (Å²) in [6.45, 7) is 5.14. The first kappa shape index (κ1) is 22.3. The van der Waals surface area contributed by atoms with Crippen LogP contribution < -0.4 is 10.1 Å². The molecule has 1 aliphatic rings. The number of rotatable bonds is 7. The normalized spacial score (nSPS) is 15.0. The van der Waals surface area contributed by atoms with Crippen molar-refractivity contribution in [3.05, 3.63) is 53.1 Å². The Bertz CT molecular complexity index is 1010. The van der Waals surface area contributed by atoms with Gasteiger partial charge in [0.25, 0.3) is 0 Å². The van der Waals surface area contributed by atoms with E-state index in [1.807, 2.05) is 6.07 Å². The van der Waals surface area contributed by atoms with E-state index in [0.717, 1.165) is 24.8 Å². The van der Waals surface area contributed by atoms with Gasteiger partial charge in [0.1, 0.15) is 10.6 Å². The molecule has 1 fully saturated rings. The van der Waals surface area contributed by atoms with Crippen molar-refractivity contribution < 1.29 is 17.9 Å². The van der Waals surface area contributed by atoms with E-state index in [1.165, 1.54) is 28.6 Å². The third kappa shape index (κ3) is 5.21. The molecule has 2 aromatic rings. The van der Waals surface area contributed by atoms with Crippen LogP contribution in [0.1, 0.15) is 42.4 Å². The maximum absolute atomic E-state index is 13.1. The first-order chi connectivity index (χ1) is 14.3. The zero-order valence-electron chi connectivity index (χ0n) is 17.9. The first-order valence-electron chi connectivity index (χ1n) is 10.4. The second-order valence-corrected chi connectivity index (χ2v) is 9.70. The number of amides is 1. The van der Waals surface area contributed by atoms with Crippen LogP contribution in [-0.4, -0.2) is 38.8 Å². The standard InChI is InChI=1S/C23H30N2O4S/c1-17-7-8-19(15-18(17)2)9-12-23(26)24-20-10-11-21(29-3)22(16-20)30(27,28)25-13-5-4-6-14-25/h7-8,10-11,15-16H,4-6,9,12-14H2,1-3H3,(H,24,26). The lowest BCUT2D eigenvalue weighted by Gasteiger charge is -2.26. The molecule has 0 saturated carbocycles. The largest absolute Gasteiger partial charge is 0.495 e. The van der Waals surface area contributed by atoms with Crippen LogP contribution in [0.3, 0.4) is 0 Å². The van der Waals surface area contributed by atoms with Crippen molar-refractivity contribution in [1.82, 2.24) is 4.31 Å². The topological polar surface area (TPSA) is 75.7 Å². The Labute approximate surface area is 179 Å². The number of nitrogens with one attached hydrogen (secondary N) is 1. The van der Waals surface area contributed by atoms with Crippen LogP contribution >= 0.6 is 0 Å². The molecule has 1 heterocycles. The quantitative estimate of drug-likeness (QED) is 0.719. The average Bonchev–Trinajstić information content (AvgIpc) is 2.75. The molecular weight excluding hydrogens is 400 g/mol. The zero-order chi connectivity index (χ0) is 21.7. The van der Waals surface area contributed by atoms with Crippen LogP contribution in [0.2, 0.25) is 0 Å². The van der Waals surface area contributed by atoms with Gasteiger partial charge in [-0.25, -0.2) is 8.42 Å². The summed E-state index contributed by atoms with van der Waals surface area (Å²) in [5.74, 6) is 0.133. The van der Waals surface area contributed by atoms with E-state index in [4.69, 9.17) is 4.74 Å². The minimum atomic E-state index is -3.67. The lowest BCUT2D eigenvalue weighted by atomic mass is 10.0. The second kappa shape index (κ2) is 9.62. The molecule has 0 aromatic heterocycles. The van der Waals surface area contributed by atoms with E-state index >= 15 is 0 Å². The predicted octanol–water partition coefficient (Wildman–Crippen LogP) is 4.06. The van der Waals surface area contributed by atoms with Gasteiger partial charge in [-0.3, -0.25) is 4.79 Å². The molecule has 162 valence electrons. The van der Waals surface area contributed by atoms with Gasteiger partial charge in [-0.1, -0.05) is 24.6 Å². The third-order valence-corrected chi connectivity index (χ3v) is 7.51. The van der Waals surface area contributed by atoms with Gasteiger partial charge >= 0.3 is 0 Å². The van der Waals surface area contributed by atoms with Crippen molar-refractivity contribution in [2.45, 2.75) is 50.8 Å². The van der Waals surface area contributed by atoms with Gasteiger partial charge in [0, 0.05) is 25.2 Å². The number of carbonyl (C=O) groups excluding carboxylic acids is 1. The number of aryl methyl sites for hydroxylation is 3. The molecule has 2 aromatic carbocycles. The molecule has 3 rings (SSSR count). The summed E-state index contributed by atoms with van der Waals surface area (Å²) in [6, 6.07) is 10.9. The molecule has 1 saturated heterocycles. The van der Waals surface area contributed by atoms with Crippen LogP contribution in [0.5, 0.6) is 5.75 Å². The number of piperidine rings is 1. The summed E-state index contributed by atoms with van der Waals surface area (Å²) < 4.78 is 33.0. The number of benzene rings is 2. The van der Waals surface area contributed by atoms with E-state index in [1.54, 1.807) is 12.1 Å². The van der Waals surface area contributed by atoms with Crippen molar-refractivity contribution in [3.63, 3.8) is 0 Å². The van der Waals surface area contributed by atoms with Crippen LogP contribution in [-0.2, 0) is 21.2 Å². The fourth-order valence-corrected chi connectivity index (χ4v) is 5.34. The van der Waals surface area contributed by atoms with Gasteiger partial charge in [0.2, 0.25) is 15.9 Å². The second-order valence-electron chi connectivity index (χ2n) is 7.80. The zero-order valence-corrected chi connectivity index (χ0v) is 18.7. The van der Waals surface area contributed by atoms with Crippen LogP contribution in [0.4, 0.5) is 5.69 Å². The molecule has 30 heavy (non-hydrogen) atoms. The summed E-state index contributed by atoms with van der Waals surface area (Å²) in [7, 11) is -2.22. The Balaban J connectivity index is 1.72. The van der Waals surface area contributed by atoms with Gasteiger partial charge in [-0.15, -0.1) is 0 Å². The van der Waals surface area contributed by atoms with Crippen molar-refractivity contribution in [1.29, 1.82) is 0 Å². The van der Waals surface area contributed by atoms with E-state index in [0.29, 0.717) is 31.6 Å². The lowest BCUT2D eigenvalue weighted by Crippen LogP contribution is -2.35. The highest BCUT2D eigenvalue weighted by molar-refractivity contribution is 7.89. The van der Waals surface area contributed by atoms with Crippen LogP contribution in [0.15, 0.2) is 41.3 Å². The minimum Gasteiger partial charge on any atom is -0.495 e. The summed E-state index contributed by atoms with van der Waals surface area (Å²) in [5, 5.41) is 2.83. The molecule has 1 aliphatic heterocycles. The van der Waals surface area contributed by atoms with Crippen molar-refractivity contribution in [2.24, 2.45) is 0 Å². The number of methoxy groups -OCH3 is 1. The first-order valence-corrected chi connectivity index (χ1v) is 11.8. The number of ether oxygens (including phenoxy) is 1. The van der Waals surface area contributed by atoms with Gasteiger partial charge in [-0.2, -0.15) is 4.31 Å². The molecule has 6 nitrogen and oxygen atoms in total. The van der Waals surface area contributed by atoms with Crippen LogP contribution in [0.25, 0.3) is 0 Å². The number of sulfonamides is 1. The maximum atomic E-state index is 13.1. The average molecular weight is 431 g/mol. The van der Waals surface area contributed by atoms with E-state index < -0.39 is 10.0 Å². The van der Waals surface area contributed by atoms with E-state index in [-0.39, 0.29) is 16.6 Å². The molecule has 1 amide bonds. The Kier molecular flexibility index (Phi) is 7.15. The maximum Gasteiger partial charge on any atom is 0.246 e. The molecule has 0 unspecified atom stereocenters. The number of hydrogen-bond acceptors (Lipinski definition) is 4. The Morgan fingerprint density at radius 3 is 2.43 bits per heavy atom. The molecule has 0 atom stereocenters. The smallest absolute Gasteiger partial charge is 0.246 e. The summed E-state index contributed by atoms with van der Waals surface area (Å²) >= 11 is 0. The number of carbonyl (C=O) groups is 1. The highest BCUT2D eigenvalue weighted by atomic mass is 32.2. The Morgan fingerprint density at radius 2 is 1.77 bits per heavy atom. The Morgan fingerprint density at radius 1 is 1.03 bits per heavy atom. The lowest BCUT2D eigenvalue weighted by molar-refractivity contribution is -0.116. The van der Waals surface area contributed by atoms with Crippen molar-refractivity contribution >= 4 is 21.6 Å². The fraction of sp³-hybridized carbons (Fsp3) is 0.435. The molecule has 0 spiro atoms. The highest BCUT2D eigenvalue weighted by Crippen LogP contribution is 2.31. The van der Waals surface area contributed by atoms with E-state index in [9.17, 15) is 13.2 Å². The number of hydrogen-bond donors (Lipinski definition) is 1. The fourth-order valence-electron chi connectivity index (χ4n) is 3.64. The molecule has 0 bridgehead atoms. The van der Waals surface area contributed by atoms with Gasteiger partial charge < -0.3 is 10.1 Å². The predicted molar refractivity (Wildman–Crippen MR) is 118 cm³/mol. The summed E-state index contributed by atoms with van der Waals surface area (Å²) in [5.41, 5.74) is 3.99. The van der Waals surface area contributed by atoms with Crippen molar-refractivity contribution in [3.8, 4) is 5.75 Å². The summed E-state index contributed by atoms with van der Waals surface area (Å²) in [4.78, 5) is 12.5. The molecular formula is C23H30N2O4S. The van der Waals surface area contributed by atoms with Gasteiger partial charge in [0.15, 0.2) is 0 Å². The number of anilines is 1. The van der Waals surface area contributed by atoms with Crippen LogP contribution in [0, 0.1) is 13.8 Å². The number of nitrogens with zero attached hydrogens (tertiary/aromatic N) is 1. The van der Waals surface area contributed by atoms with Gasteiger partial charge in [0.05, 0.1) is 7.11 Å². The summed E-state index contributed by atoms with van der Waals surface area (Å²) in [6.07, 6.45) is 3.71. The molecule has 0 radical (unpaired) electrons. The van der Waals surface area contributed by atoms with E-state index in [2.05, 4.69) is 31.3 Å². The molecule has 0 aliphatic carbocycles. The molecule has 7 heteroatoms. The minimum absolute atomic E-state index is 0.0962. The SMILES string of the molecule is COc1ccc(NC(=O)CCc2ccc(C)c(C)c2)cc1S(=O)(=O)N1CCCCC1. The van der Waals surface area contributed by atoms with Gasteiger partial charge in [-0.05, 0) is 68.0 Å². The Hall–Kier alpha value is -2.38.